The second kappa shape index (κ2) is 14.6. The maximum absolute atomic E-state index is 12.1. The summed E-state index contributed by atoms with van der Waals surface area (Å²) in [7, 11) is -10.5. The highest BCUT2D eigenvalue weighted by Crippen LogP contribution is 2.32. The zero-order valence-corrected chi connectivity index (χ0v) is 23.7. The fourth-order valence-electron chi connectivity index (χ4n) is 4.67. The molecule has 0 spiro atoms. The standard InChI is InChI=1S/C19H33NO22S2/c20-7-9(23)8(22)5(3-37-43(30,31)32)40-19(7)41-15-12(26)14(42-44(33,34)35)6(38-16(15)17(27)28)2-36-13-4(1-21)39-18(29)11(25)10(13)24/h4-16,18-19,21-26,29H,1-3,20H2,(H,27,28)(H,30,31,32)(H,33,34,35). The molecule has 3 saturated heterocycles. The van der Waals surface area contributed by atoms with Crippen LogP contribution in [0.2, 0.25) is 0 Å². The molecular formula is C19H33NO22S2. The van der Waals surface area contributed by atoms with Crippen molar-refractivity contribution >= 4 is 26.8 Å². The summed E-state index contributed by atoms with van der Waals surface area (Å²) in [5, 5.41) is 80.5. The first kappa shape index (κ1) is 37.2. The number of hydrogen-bond donors (Lipinski definition) is 11. The molecule has 12 N–H and O–H groups in total. The van der Waals surface area contributed by atoms with Crippen LogP contribution in [0.15, 0.2) is 0 Å². The molecule has 3 heterocycles. The Morgan fingerprint density at radius 3 is 1.91 bits per heavy atom. The summed E-state index contributed by atoms with van der Waals surface area (Å²) in [6.45, 7) is -2.96. The van der Waals surface area contributed by atoms with E-state index in [-0.39, 0.29) is 0 Å². The van der Waals surface area contributed by atoms with Crippen LogP contribution in [-0.2, 0) is 57.6 Å². The van der Waals surface area contributed by atoms with Gasteiger partial charge < -0.3 is 70.3 Å². The Morgan fingerprint density at radius 1 is 0.727 bits per heavy atom. The summed E-state index contributed by atoms with van der Waals surface area (Å²) < 4.78 is 97.9. The van der Waals surface area contributed by atoms with Gasteiger partial charge in [-0.3, -0.25) is 9.11 Å². The van der Waals surface area contributed by atoms with E-state index in [9.17, 15) is 67.0 Å². The number of aliphatic carboxylic acids is 1. The van der Waals surface area contributed by atoms with Crippen LogP contribution in [-0.4, -0.2) is 184 Å². The molecule has 25 heteroatoms. The number of carboxylic acids is 1. The van der Waals surface area contributed by atoms with E-state index in [0.717, 1.165) is 0 Å². The van der Waals surface area contributed by atoms with Gasteiger partial charge in [0, 0.05) is 0 Å². The van der Waals surface area contributed by atoms with Gasteiger partial charge in [0.25, 0.3) is 0 Å². The highest BCUT2D eigenvalue weighted by Gasteiger charge is 2.55. The van der Waals surface area contributed by atoms with Crippen molar-refractivity contribution in [3.05, 3.63) is 0 Å². The summed E-state index contributed by atoms with van der Waals surface area (Å²) in [6, 6.07) is -1.74. The molecule has 15 atom stereocenters. The maximum Gasteiger partial charge on any atom is 0.397 e. The van der Waals surface area contributed by atoms with E-state index in [1.54, 1.807) is 0 Å². The second-order valence-corrected chi connectivity index (χ2v) is 12.0. The number of nitrogens with two attached hydrogens (primary N) is 1. The first-order valence-corrected chi connectivity index (χ1v) is 15.2. The number of aliphatic hydroxyl groups excluding tert-OH is 7. The van der Waals surface area contributed by atoms with Gasteiger partial charge in [-0.25, -0.2) is 13.2 Å². The number of ether oxygens (including phenoxy) is 5. The van der Waals surface area contributed by atoms with Crippen LogP contribution in [0, 0.1) is 0 Å². The van der Waals surface area contributed by atoms with Gasteiger partial charge in [-0.2, -0.15) is 16.8 Å². The molecule has 0 radical (unpaired) electrons. The molecule has 0 aromatic rings. The van der Waals surface area contributed by atoms with Gasteiger partial charge in [-0.1, -0.05) is 0 Å². The van der Waals surface area contributed by atoms with Gasteiger partial charge >= 0.3 is 26.8 Å². The number of aliphatic hydroxyl groups is 7. The van der Waals surface area contributed by atoms with Crippen LogP contribution in [0.4, 0.5) is 0 Å². The van der Waals surface area contributed by atoms with Crippen molar-refractivity contribution in [1.29, 1.82) is 0 Å². The van der Waals surface area contributed by atoms with Crippen molar-refractivity contribution in [3.8, 4) is 0 Å². The number of carboxylic acid groups (broad SMARTS) is 1. The minimum Gasteiger partial charge on any atom is -0.479 e. The first-order valence-electron chi connectivity index (χ1n) is 12.4. The molecule has 0 amide bonds. The van der Waals surface area contributed by atoms with E-state index in [4.69, 9.17) is 34.0 Å². The lowest BCUT2D eigenvalue weighted by molar-refractivity contribution is -0.321. The molecule has 3 rings (SSSR count). The average molecular weight is 692 g/mol. The van der Waals surface area contributed by atoms with Gasteiger partial charge in [0.15, 0.2) is 18.7 Å². The summed E-state index contributed by atoms with van der Waals surface area (Å²) in [5.74, 6) is -1.87. The van der Waals surface area contributed by atoms with Gasteiger partial charge in [0.2, 0.25) is 0 Å². The third-order valence-electron chi connectivity index (χ3n) is 6.85. The summed E-state index contributed by atoms with van der Waals surface area (Å²) in [6.07, 6.45) is -27.7. The Kier molecular flexibility index (Phi) is 12.4. The van der Waals surface area contributed by atoms with Crippen LogP contribution in [0.25, 0.3) is 0 Å². The minimum absolute atomic E-state index is 0.878. The van der Waals surface area contributed by atoms with Crippen molar-refractivity contribution in [2.75, 3.05) is 19.8 Å². The Hall–Kier alpha value is -1.31. The van der Waals surface area contributed by atoms with E-state index in [0.29, 0.717) is 0 Å². The Bertz CT molecular complexity index is 1190. The highest BCUT2D eigenvalue weighted by molar-refractivity contribution is 7.81. The van der Waals surface area contributed by atoms with Crippen LogP contribution in [0.3, 0.4) is 0 Å². The van der Waals surface area contributed by atoms with E-state index in [1.807, 2.05) is 0 Å². The number of hydrogen-bond acceptors (Lipinski definition) is 20. The summed E-state index contributed by atoms with van der Waals surface area (Å²) in [4.78, 5) is 12.1. The fourth-order valence-corrected chi connectivity index (χ4v) is 5.50. The first-order chi connectivity index (χ1) is 20.3. The quantitative estimate of drug-likeness (QED) is 0.0846. The lowest BCUT2D eigenvalue weighted by Gasteiger charge is -2.46. The van der Waals surface area contributed by atoms with Crippen LogP contribution in [0.1, 0.15) is 0 Å². The zero-order chi connectivity index (χ0) is 33.3. The molecule has 0 aliphatic carbocycles. The Morgan fingerprint density at radius 2 is 1.36 bits per heavy atom. The van der Waals surface area contributed by atoms with Crippen molar-refractivity contribution in [3.63, 3.8) is 0 Å². The minimum atomic E-state index is -5.44. The lowest BCUT2D eigenvalue weighted by atomic mass is 9.93. The lowest BCUT2D eigenvalue weighted by Crippen LogP contribution is -2.67. The van der Waals surface area contributed by atoms with E-state index in [2.05, 4.69) is 8.37 Å². The third kappa shape index (κ3) is 8.94. The van der Waals surface area contributed by atoms with Crippen LogP contribution in [0.5, 0.6) is 0 Å². The third-order valence-corrected chi connectivity index (χ3v) is 7.75. The van der Waals surface area contributed by atoms with Crippen molar-refractivity contribution < 1.29 is 104 Å². The molecule has 23 nitrogen and oxygen atoms in total. The van der Waals surface area contributed by atoms with Gasteiger partial charge in [0.05, 0.1) is 25.9 Å². The van der Waals surface area contributed by atoms with Gasteiger partial charge in [-0.15, -0.1) is 0 Å². The van der Waals surface area contributed by atoms with Crippen molar-refractivity contribution in [2.45, 2.75) is 91.9 Å². The second-order valence-electron chi connectivity index (χ2n) is 9.85. The Labute approximate surface area is 248 Å². The molecule has 0 bridgehead atoms. The molecule has 3 aliphatic rings. The van der Waals surface area contributed by atoms with E-state index < -0.39 is 138 Å². The summed E-state index contributed by atoms with van der Waals surface area (Å²) >= 11 is 0. The van der Waals surface area contributed by atoms with Crippen LogP contribution >= 0.6 is 0 Å². The van der Waals surface area contributed by atoms with Crippen molar-refractivity contribution in [2.24, 2.45) is 5.73 Å². The number of rotatable bonds is 12. The normalized spacial score (nSPS) is 43.9. The fraction of sp³-hybridized carbons (Fsp3) is 0.947. The molecule has 0 saturated carbocycles. The van der Waals surface area contributed by atoms with Crippen molar-refractivity contribution in [1.82, 2.24) is 0 Å². The molecule has 0 aromatic carbocycles. The summed E-state index contributed by atoms with van der Waals surface area (Å²) in [5.41, 5.74) is 5.78. The topological polar surface area (TPSA) is 378 Å². The van der Waals surface area contributed by atoms with Crippen LogP contribution < -0.4 is 5.73 Å². The van der Waals surface area contributed by atoms with E-state index in [1.165, 1.54) is 0 Å². The molecule has 44 heavy (non-hydrogen) atoms. The maximum atomic E-state index is 12.1. The molecule has 3 aliphatic heterocycles. The zero-order valence-electron chi connectivity index (χ0n) is 22.0. The SMILES string of the molecule is NC1C(OC2C(C(=O)O)OC(COC3C(CO)OC(O)C(O)C3O)C(OS(=O)(=O)O)C2O)OC(COS(=O)(=O)O)C(O)C1O. The molecule has 3 fully saturated rings. The van der Waals surface area contributed by atoms with E-state index >= 15 is 0 Å². The Balaban J connectivity index is 1.85. The predicted octanol–water partition coefficient (Wildman–Crippen LogP) is -7.82. The monoisotopic (exact) mass is 691 g/mol. The van der Waals surface area contributed by atoms with Gasteiger partial charge in [0.1, 0.15) is 67.1 Å². The number of carbonyl (C=O) groups is 1. The molecule has 15 unspecified atom stereocenters. The smallest absolute Gasteiger partial charge is 0.397 e. The highest BCUT2D eigenvalue weighted by atomic mass is 32.3. The van der Waals surface area contributed by atoms with Gasteiger partial charge in [-0.05, 0) is 0 Å². The predicted molar refractivity (Wildman–Crippen MR) is 129 cm³/mol. The molecule has 0 aromatic heterocycles. The largest absolute Gasteiger partial charge is 0.479 e. The average Bonchev–Trinajstić information content (AvgIpc) is 2.91. The molecule has 258 valence electrons. The molecular weight excluding hydrogens is 658 g/mol.